The van der Waals surface area contributed by atoms with E-state index in [2.05, 4.69) is 29.2 Å². The van der Waals surface area contributed by atoms with Gasteiger partial charge in [-0.15, -0.1) is 0 Å². The largest absolute Gasteiger partial charge is 0.463 e. The van der Waals surface area contributed by atoms with Crippen LogP contribution in [-0.2, 0) is 16.0 Å². The fourth-order valence-corrected chi connectivity index (χ4v) is 1.53. The molecular formula is C14H21NO2. The minimum atomic E-state index is -0.128. The van der Waals surface area contributed by atoms with Gasteiger partial charge in [-0.3, -0.25) is 4.79 Å². The Bertz CT molecular complexity index is 355. The van der Waals surface area contributed by atoms with Crippen molar-refractivity contribution in [1.29, 1.82) is 0 Å². The van der Waals surface area contributed by atoms with Crippen LogP contribution in [0.3, 0.4) is 0 Å². The number of esters is 1. The molecule has 0 bridgehead atoms. The van der Waals surface area contributed by atoms with E-state index in [-0.39, 0.29) is 12.1 Å². The molecule has 0 aromatic heterocycles. The van der Waals surface area contributed by atoms with Crippen LogP contribution in [0.15, 0.2) is 24.3 Å². The van der Waals surface area contributed by atoms with E-state index in [1.807, 2.05) is 27.9 Å². The highest BCUT2D eigenvalue weighted by molar-refractivity contribution is 5.69. The van der Waals surface area contributed by atoms with Gasteiger partial charge in [0.15, 0.2) is 0 Å². The lowest BCUT2D eigenvalue weighted by Crippen LogP contribution is -2.12. The molecule has 0 heterocycles. The molecule has 0 saturated heterocycles. The second-order valence-corrected chi connectivity index (χ2v) is 4.60. The first-order chi connectivity index (χ1) is 7.99. The first-order valence-electron chi connectivity index (χ1n) is 5.95. The molecule has 0 amide bonds. The lowest BCUT2D eigenvalue weighted by Gasteiger charge is -2.12. The number of carbonyl (C=O) groups excluding carboxylic acids is 1. The summed E-state index contributed by atoms with van der Waals surface area (Å²) in [6.07, 6.45) is 1.15. The highest BCUT2D eigenvalue weighted by Crippen LogP contribution is 2.13. The Kier molecular flexibility index (Phi) is 5.01. The summed E-state index contributed by atoms with van der Waals surface area (Å²) < 4.78 is 5.09. The summed E-state index contributed by atoms with van der Waals surface area (Å²) in [4.78, 5) is 13.4. The summed E-state index contributed by atoms with van der Waals surface area (Å²) in [6.45, 7) is 3.73. The molecular weight excluding hydrogens is 214 g/mol. The number of hydrogen-bond donors (Lipinski definition) is 0. The van der Waals surface area contributed by atoms with E-state index >= 15 is 0 Å². The first kappa shape index (κ1) is 13.6. The molecule has 94 valence electrons. The van der Waals surface area contributed by atoms with Gasteiger partial charge < -0.3 is 9.64 Å². The van der Waals surface area contributed by atoms with Gasteiger partial charge in [0.05, 0.1) is 6.10 Å². The maximum Gasteiger partial charge on any atom is 0.306 e. The van der Waals surface area contributed by atoms with Gasteiger partial charge in [-0.2, -0.15) is 0 Å². The van der Waals surface area contributed by atoms with Crippen LogP contribution in [0.2, 0.25) is 0 Å². The quantitative estimate of drug-likeness (QED) is 0.735. The highest BCUT2D eigenvalue weighted by Gasteiger charge is 2.05. The van der Waals surface area contributed by atoms with Crippen molar-refractivity contribution in [3.05, 3.63) is 29.8 Å². The second kappa shape index (κ2) is 6.28. The summed E-state index contributed by atoms with van der Waals surface area (Å²) in [5, 5.41) is 0. The van der Waals surface area contributed by atoms with Crippen LogP contribution in [0.25, 0.3) is 0 Å². The van der Waals surface area contributed by atoms with Gasteiger partial charge in [-0.1, -0.05) is 12.1 Å². The predicted molar refractivity (Wildman–Crippen MR) is 70.3 cm³/mol. The van der Waals surface area contributed by atoms with Gasteiger partial charge in [0.2, 0.25) is 0 Å². The van der Waals surface area contributed by atoms with Gasteiger partial charge >= 0.3 is 5.97 Å². The maximum absolute atomic E-state index is 11.4. The van der Waals surface area contributed by atoms with Gasteiger partial charge in [0.1, 0.15) is 0 Å². The van der Waals surface area contributed by atoms with Gasteiger partial charge in [0, 0.05) is 26.2 Å². The molecule has 0 saturated carbocycles. The maximum atomic E-state index is 11.4. The van der Waals surface area contributed by atoms with E-state index in [9.17, 15) is 4.79 Å². The molecule has 0 fully saturated rings. The topological polar surface area (TPSA) is 29.5 Å². The van der Waals surface area contributed by atoms with Crippen LogP contribution >= 0.6 is 0 Å². The van der Waals surface area contributed by atoms with Crippen LogP contribution in [0, 0.1) is 0 Å². The highest BCUT2D eigenvalue weighted by atomic mass is 16.5. The zero-order chi connectivity index (χ0) is 12.8. The summed E-state index contributed by atoms with van der Waals surface area (Å²) in [5.41, 5.74) is 2.33. The van der Waals surface area contributed by atoms with E-state index in [1.165, 1.54) is 5.69 Å². The summed E-state index contributed by atoms with van der Waals surface area (Å²) in [7, 11) is 4.02. The summed E-state index contributed by atoms with van der Waals surface area (Å²) >= 11 is 0. The SMILES string of the molecule is CC(C)OC(=O)CCc1ccc(N(C)C)cc1. The lowest BCUT2D eigenvalue weighted by atomic mass is 10.1. The van der Waals surface area contributed by atoms with Crippen molar-refractivity contribution in [1.82, 2.24) is 0 Å². The van der Waals surface area contributed by atoms with E-state index in [0.717, 1.165) is 12.0 Å². The Balaban J connectivity index is 2.44. The molecule has 1 aromatic rings. The number of nitrogens with zero attached hydrogens (tertiary/aromatic N) is 1. The minimum absolute atomic E-state index is 0.0291. The number of anilines is 1. The second-order valence-electron chi connectivity index (χ2n) is 4.60. The molecule has 1 rings (SSSR count). The van der Waals surface area contributed by atoms with Gasteiger partial charge in [-0.05, 0) is 38.0 Å². The van der Waals surface area contributed by atoms with Crippen molar-refractivity contribution in [2.75, 3.05) is 19.0 Å². The number of hydrogen-bond acceptors (Lipinski definition) is 3. The number of rotatable bonds is 5. The number of aryl methyl sites for hydroxylation is 1. The molecule has 0 atom stereocenters. The molecule has 3 heteroatoms. The lowest BCUT2D eigenvalue weighted by molar-refractivity contribution is -0.147. The minimum Gasteiger partial charge on any atom is -0.463 e. The molecule has 17 heavy (non-hydrogen) atoms. The van der Waals surface area contributed by atoms with E-state index in [4.69, 9.17) is 4.74 Å². The van der Waals surface area contributed by atoms with Crippen molar-refractivity contribution in [3.8, 4) is 0 Å². The molecule has 1 aromatic carbocycles. The van der Waals surface area contributed by atoms with Crippen LogP contribution in [-0.4, -0.2) is 26.2 Å². The molecule has 0 aliphatic rings. The Morgan fingerprint density at radius 2 is 1.82 bits per heavy atom. The normalized spacial score (nSPS) is 10.4. The van der Waals surface area contributed by atoms with Crippen LogP contribution in [0.4, 0.5) is 5.69 Å². The molecule has 0 unspecified atom stereocenters. The molecule has 0 N–H and O–H groups in total. The molecule has 3 nitrogen and oxygen atoms in total. The van der Waals surface area contributed by atoms with Gasteiger partial charge in [0.25, 0.3) is 0 Å². The first-order valence-corrected chi connectivity index (χ1v) is 5.95. The third-order valence-corrected chi connectivity index (χ3v) is 2.44. The molecule has 0 aliphatic heterocycles. The van der Waals surface area contributed by atoms with E-state index < -0.39 is 0 Å². The predicted octanol–water partition coefficient (Wildman–Crippen LogP) is 2.64. The number of carbonyl (C=O) groups is 1. The van der Waals surface area contributed by atoms with Gasteiger partial charge in [-0.25, -0.2) is 0 Å². The molecule has 0 spiro atoms. The Hall–Kier alpha value is -1.51. The standard InChI is InChI=1S/C14H21NO2/c1-11(2)17-14(16)10-7-12-5-8-13(9-6-12)15(3)4/h5-6,8-9,11H,7,10H2,1-4H3. The molecule has 0 aliphatic carbocycles. The zero-order valence-electron chi connectivity index (χ0n) is 11.1. The average Bonchev–Trinajstić information content (AvgIpc) is 2.26. The smallest absolute Gasteiger partial charge is 0.306 e. The Morgan fingerprint density at radius 3 is 2.29 bits per heavy atom. The van der Waals surface area contributed by atoms with Crippen LogP contribution in [0.5, 0.6) is 0 Å². The summed E-state index contributed by atoms with van der Waals surface area (Å²) in [6, 6.07) is 8.22. The Morgan fingerprint density at radius 1 is 1.24 bits per heavy atom. The zero-order valence-corrected chi connectivity index (χ0v) is 11.1. The van der Waals surface area contributed by atoms with Crippen molar-refractivity contribution < 1.29 is 9.53 Å². The number of benzene rings is 1. The van der Waals surface area contributed by atoms with Crippen molar-refractivity contribution >= 4 is 11.7 Å². The van der Waals surface area contributed by atoms with Crippen molar-refractivity contribution in [3.63, 3.8) is 0 Å². The number of ether oxygens (including phenoxy) is 1. The van der Waals surface area contributed by atoms with E-state index in [0.29, 0.717) is 6.42 Å². The average molecular weight is 235 g/mol. The van der Waals surface area contributed by atoms with E-state index in [1.54, 1.807) is 0 Å². The third kappa shape index (κ3) is 4.89. The third-order valence-electron chi connectivity index (χ3n) is 2.44. The van der Waals surface area contributed by atoms with Crippen LogP contribution < -0.4 is 4.90 Å². The Labute approximate surface area is 103 Å². The van der Waals surface area contributed by atoms with Crippen LogP contribution in [0.1, 0.15) is 25.8 Å². The fraction of sp³-hybridized carbons (Fsp3) is 0.500. The summed E-state index contributed by atoms with van der Waals surface area (Å²) in [5.74, 6) is -0.128. The monoisotopic (exact) mass is 235 g/mol. The molecule has 0 radical (unpaired) electrons. The van der Waals surface area contributed by atoms with Crippen molar-refractivity contribution in [2.24, 2.45) is 0 Å². The van der Waals surface area contributed by atoms with Crippen molar-refractivity contribution in [2.45, 2.75) is 32.8 Å². The fourth-order valence-electron chi connectivity index (χ4n) is 1.53.